The lowest BCUT2D eigenvalue weighted by atomic mass is 9.98. The van der Waals surface area contributed by atoms with Gasteiger partial charge in [-0.3, -0.25) is 4.68 Å². The number of hydrogen-bond acceptors (Lipinski definition) is 6. The second-order valence-electron chi connectivity index (χ2n) is 7.86. The molecule has 1 aliphatic carbocycles. The molecule has 3 unspecified atom stereocenters. The number of aryl methyl sites for hydroxylation is 1. The molecule has 4 rings (SSSR count). The van der Waals surface area contributed by atoms with Crippen LogP contribution in [0.1, 0.15) is 43.5 Å². The van der Waals surface area contributed by atoms with Crippen LogP contribution in [-0.2, 0) is 0 Å². The first-order chi connectivity index (χ1) is 14.2. The van der Waals surface area contributed by atoms with Gasteiger partial charge in [-0.1, -0.05) is 6.07 Å². The van der Waals surface area contributed by atoms with Gasteiger partial charge in [-0.15, -0.1) is 0 Å². The van der Waals surface area contributed by atoms with Crippen molar-refractivity contribution in [3.63, 3.8) is 0 Å². The van der Waals surface area contributed by atoms with Crippen molar-refractivity contribution in [2.75, 3.05) is 5.32 Å². The Morgan fingerprint density at radius 1 is 1.23 bits per heavy atom. The van der Waals surface area contributed by atoms with E-state index in [1.807, 2.05) is 31.3 Å². The predicted octanol–water partition coefficient (Wildman–Crippen LogP) is 3.78. The molecule has 158 valence electrons. The lowest BCUT2D eigenvalue weighted by molar-refractivity contribution is -0.0644. The topological polar surface area (TPSA) is 96.1 Å². The number of halogens is 2. The quantitative estimate of drug-likeness (QED) is 0.587. The maximum atomic E-state index is 12.9. The Kier molecular flexibility index (Phi) is 5.25. The number of benzene rings is 1. The lowest BCUT2D eigenvalue weighted by Gasteiger charge is -2.28. The number of nitrogens with one attached hydrogen (secondary N) is 1. The molecule has 30 heavy (non-hydrogen) atoms. The highest BCUT2D eigenvalue weighted by atomic mass is 19.3. The van der Waals surface area contributed by atoms with E-state index in [0.29, 0.717) is 18.5 Å². The number of alkyl halides is 2. The van der Waals surface area contributed by atoms with Gasteiger partial charge in [0.15, 0.2) is 0 Å². The summed E-state index contributed by atoms with van der Waals surface area (Å²) in [6.07, 6.45) is 2.53. The highest BCUT2D eigenvalue weighted by molar-refractivity contribution is 5.70. The maximum absolute atomic E-state index is 12.9. The van der Waals surface area contributed by atoms with Crippen LogP contribution in [0.2, 0.25) is 0 Å². The Morgan fingerprint density at radius 3 is 2.73 bits per heavy atom. The fraction of sp³-hybridized carbons (Fsp3) is 0.381. The van der Waals surface area contributed by atoms with Crippen molar-refractivity contribution in [2.45, 2.75) is 50.9 Å². The summed E-state index contributed by atoms with van der Waals surface area (Å²) in [7, 11) is 0. The van der Waals surface area contributed by atoms with Crippen LogP contribution in [0.15, 0.2) is 42.9 Å². The Balaban J connectivity index is 1.60. The van der Waals surface area contributed by atoms with Crippen LogP contribution in [0.25, 0.3) is 11.1 Å². The SMILES string of the molecule is Cc1cc(Nc2nccc(C(F)F)n2)cc(-c2cnn(C3CCC(O)C3(C)O)c2)c1. The maximum Gasteiger partial charge on any atom is 0.280 e. The molecule has 0 amide bonds. The van der Waals surface area contributed by atoms with E-state index in [2.05, 4.69) is 20.4 Å². The minimum atomic E-state index is -2.67. The molecule has 3 N–H and O–H groups in total. The Labute approximate surface area is 172 Å². The van der Waals surface area contributed by atoms with Crippen LogP contribution in [0.4, 0.5) is 20.4 Å². The van der Waals surface area contributed by atoms with Crippen LogP contribution in [0, 0.1) is 6.92 Å². The van der Waals surface area contributed by atoms with Crippen LogP contribution in [0.3, 0.4) is 0 Å². The smallest absolute Gasteiger partial charge is 0.280 e. The van der Waals surface area contributed by atoms with Gasteiger partial charge in [-0.2, -0.15) is 5.10 Å². The molecule has 1 aliphatic rings. The van der Waals surface area contributed by atoms with Gasteiger partial charge in [0.25, 0.3) is 6.43 Å². The molecule has 7 nitrogen and oxygen atoms in total. The summed E-state index contributed by atoms with van der Waals surface area (Å²) in [6, 6.07) is 6.57. The van der Waals surface area contributed by atoms with E-state index in [1.165, 1.54) is 12.3 Å². The highest BCUT2D eigenvalue weighted by Crippen LogP contribution is 2.39. The Hall–Kier alpha value is -2.91. The monoisotopic (exact) mass is 415 g/mol. The van der Waals surface area contributed by atoms with Gasteiger partial charge >= 0.3 is 0 Å². The third kappa shape index (κ3) is 3.90. The molecule has 3 atom stereocenters. The van der Waals surface area contributed by atoms with Gasteiger partial charge in [0, 0.05) is 23.6 Å². The fourth-order valence-electron chi connectivity index (χ4n) is 3.89. The van der Waals surface area contributed by atoms with E-state index in [4.69, 9.17) is 0 Å². The second kappa shape index (κ2) is 7.73. The zero-order valence-corrected chi connectivity index (χ0v) is 16.6. The number of anilines is 2. The first-order valence-corrected chi connectivity index (χ1v) is 9.69. The minimum Gasteiger partial charge on any atom is -0.390 e. The van der Waals surface area contributed by atoms with E-state index < -0.39 is 18.1 Å². The minimum absolute atomic E-state index is 0.0936. The summed E-state index contributed by atoms with van der Waals surface area (Å²) in [6.45, 7) is 3.55. The molecule has 2 aromatic heterocycles. The number of hydrogen-bond donors (Lipinski definition) is 3. The van der Waals surface area contributed by atoms with E-state index in [-0.39, 0.29) is 17.7 Å². The zero-order chi connectivity index (χ0) is 21.5. The summed E-state index contributed by atoms with van der Waals surface area (Å²) in [5.74, 6) is 0.0936. The van der Waals surface area contributed by atoms with Gasteiger partial charge in [0.1, 0.15) is 11.3 Å². The van der Waals surface area contributed by atoms with Crippen molar-refractivity contribution in [3.8, 4) is 11.1 Å². The van der Waals surface area contributed by atoms with E-state index in [9.17, 15) is 19.0 Å². The molecule has 0 bridgehead atoms. The van der Waals surface area contributed by atoms with E-state index in [0.717, 1.165) is 16.7 Å². The fourth-order valence-corrected chi connectivity index (χ4v) is 3.89. The normalized spacial score (nSPS) is 23.8. The first-order valence-electron chi connectivity index (χ1n) is 9.69. The molecule has 1 fully saturated rings. The largest absolute Gasteiger partial charge is 0.390 e. The average molecular weight is 415 g/mol. The summed E-state index contributed by atoms with van der Waals surface area (Å²) < 4.78 is 27.5. The molecule has 0 radical (unpaired) electrons. The number of nitrogens with zero attached hydrogens (tertiary/aromatic N) is 4. The molecular weight excluding hydrogens is 392 g/mol. The second-order valence-corrected chi connectivity index (χ2v) is 7.86. The zero-order valence-electron chi connectivity index (χ0n) is 16.6. The van der Waals surface area contributed by atoms with Crippen LogP contribution in [-0.4, -0.2) is 41.7 Å². The molecule has 9 heteroatoms. The molecule has 2 heterocycles. The van der Waals surface area contributed by atoms with Crippen molar-refractivity contribution < 1.29 is 19.0 Å². The van der Waals surface area contributed by atoms with Crippen molar-refractivity contribution in [1.82, 2.24) is 19.7 Å². The van der Waals surface area contributed by atoms with Crippen LogP contribution >= 0.6 is 0 Å². The third-order valence-corrected chi connectivity index (χ3v) is 5.55. The van der Waals surface area contributed by atoms with Crippen LogP contribution < -0.4 is 5.32 Å². The van der Waals surface area contributed by atoms with E-state index in [1.54, 1.807) is 17.8 Å². The van der Waals surface area contributed by atoms with Crippen molar-refractivity contribution in [1.29, 1.82) is 0 Å². The first kappa shape index (κ1) is 20.4. The Morgan fingerprint density at radius 2 is 2.03 bits per heavy atom. The van der Waals surface area contributed by atoms with Crippen molar-refractivity contribution in [3.05, 3.63) is 54.1 Å². The molecule has 0 spiro atoms. The number of rotatable bonds is 5. The lowest BCUT2D eigenvalue weighted by Crippen LogP contribution is -2.40. The Bertz CT molecular complexity index is 1050. The molecular formula is C21H23F2N5O2. The van der Waals surface area contributed by atoms with Gasteiger partial charge < -0.3 is 15.5 Å². The summed E-state index contributed by atoms with van der Waals surface area (Å²) in [5.41, 5.74) is 1.74. The summed E-state index contributed by atoms with van der Waals surface area (Å²) in [4.78, 5) is 7.84. The standard InChI is InChI=1S/C21H23F2N5O2/c1-12-7-13(9-15(8-12)26-20-24-6-5-16(27-20)19(22)23)14-10-25-28(11-14)17-3-4-18(29)21(17,2)30/h5-11,17-19,29-30H,3-4H2,1-2H3,(H,24,26,27). The number of aliphatic hydroxyl groups is 2. The van der Waals surface area contributed by atoms with Gasteiger partial charge in [-0.25, -0.2) is 18.7 Å². The molecule has 0 aliphatic heterocycles. The molecule has 1 saturated carbocycles. The predicted molar refractivity (Wildman–Crippen MR) is 108 cm³/mol. The van der Waals surface area contributed by atoms with Gasteiger partial charge in [0.2, 0.25) is 5.95 Å². The molecule has 3 aromatic rings. The third-order valence-electron chi connectivity index (χ3n) is 5.55. The van der Waals surface area contributed by atoms with Gasteiger partial charge in [-0.05, 0) is 56.0 Å². The summed E-state index contributed by atoms with van der Waals surface area (Å²) in [5, 5.41) is 28.0. The number of aliphatic hydroxyl groups excluding tert-OH is 1. The van der Waals surface area contributed by atoms with E-state index >= 15 is 0 Å². The average Bonchev–Trinajstić information content (AvgIpc) is 3.26. The molecule has 1 aromatic carbocycles. The highest BCUT2D eigenvalue weighted by Gasteiger charge is 2.46. The number of aromatic nitrogens is 4. The van der Waals surface area contributed by atoms with Gasteiger partial charge in [0.05, 0.1) is 18.3 Å². The summed E-state index contributed by atoms with van der Waals surface area (Å²) >= 11 is 0. The molecule has 0 saturated heterocycles. The van der Waals surface area contributed by atoms with Crippen LogP contribution in [0.5, 0.6) is 0 Å². The van der Waals surface area contributed by atoms with Crippen molar-refractivity contribution >= 4 is 11.6 Å². The van der Waals surface area contributed by atoms with Crippen molar-refractivity contribution in [2.24, 2.45) is 0 Å².